The summed E-state index contributed by atoms with van der Waals surface area (Å²) in [5, 5.41) is 12.8. The Balaban J connectivity index is 1.69. The summed E-state index contributed by atoms with van der Waals surface area (Å²) in [4.78, 5) is 44.3. The number of nitrogens with zero attached hydrogens (tertiary/aromatic N) is 3. The minimum absolute atomic E-state index is 0.0702. The van der Waals surface area contributed by atoms with Crippen LogP contribution in [0.3, 0.4) is 0 Å². The van der Waals surface area contributed by atoms with Crippen LogP contribution in [0, 0.1) is 0 Å². The Labute approximate surface area is 195 Å². The standard InChI is InChI=1S/C23H26F2N4O5/c1-13(30)29-12-15(14-7-8-20(19(31)10-14)34-23(24)25)9-18(29)21(32)26-11-16-5-4-6-17(27-16)22(33)28(2)3/h4-8,10,15,18,23,31H,9,11-12H2,1-3H3,(H,26,32)/t15?,18-/m1/s1. The number of likely N-dealkylation sites (tertiary alicyclic amines) is 1. The molecule has 1 saturated heterocycles. The number of hydrogen-bond acceptors (Lipinski definition) is 6. The summed E-state index contributed by atoms with van der Waals surface area (Å²) in [6.07, 6.45) is 0.284. The van der Waals surface area contributed by atoms with Gasteiger partial charge in [-0.1, -0.05) is 12.1 Å². The first-order valence-corrected chi connectivity index (χ1v) is 10.6. The van der Waals surface area contributed by atoms with Crippen LogP contribution in [0.1, 0.15) is 41.0 Å². The van der Waals surface area contributed by atoms with Gasteiger partial charge in [0.05, 0.1) is 12.2 Å². The molecule has 182 valence electrons. The van der Waals surface area contributed by atoms with E-state index in [0.29, 0.717) is 11.3 Å². The van der Waals surface area contributed by atoms with Gasteiger partial charge in [0.25, 0.3) is 5.91 Å². The van der Waals surface area contributed by atoms with Gasteiger partial charge in [0.15, 0.2) is 11.5 Å². The number of halogens is 2. The third-order valence-corrected chi connectivity index (χ3v) is 5.55. The van der Waals surface area contributed by atoms with E-state index in [1.807, 2.05) is 0 Å². The summed E-state index contributed by atoms with van der Waals surface area (Å²) < 4.78 is 29.1. The molecule has 3 rings (SSSR count). The van der Waals surface area contributed by atoms with E-state index in [4.69, 9.17) is 0 Å². The zero-order valence-corrected chi connectivity index (χ0v) is 19.0. The number of amides is 3. The average Bonchev–Trinajstić information content (AvgIpc) is 3.24. The Kier molecular flexibility index (Phi) is 7.64. The second-order valence-electron chi connectivity index (χ2n) is 8.16. The lowest BCUT2D eigenvalue weighted by molar-refractivity contribution is -0.136. The van der Waals surface area contributed by atoms with Crippen molar-refractivity contribution in [2.75, 3.05) is 20.6 Å². The first-order chi connectivity index (χ1) is 16.1. The van der Waals surface area contributed by atoms with E-state index in [9.17, 15) is 28.3 Å². The van der Waals surface area contributed by atoms with Crippen molar-refractivity contribution in [1.29, 1.82) is 0 Å². The third kappa shape index (κ3) is 5.77. The Bertz CT molecular complexity index is 1080. The highest BCUT2D eigenvalue weighted by molar-refractivity contribution is 5.92. The quantitative estimate of drug-likeness (QED) is 0.633. The summed E-state index contributed by atoms with van der Waals surface area (Å²) in [7, 11) is 3.23. The number of phenolic OH excluding ortho intramolecular Hbond substituents is 1. The number of aromatic nitrogens is 1. The molecule has 34 heavy (non-hydrogen) atoms. The maximum absolute atomic E-state index is 12.9. The molecule has 0 spiro atoms. The van der Waals surface area contributed by atoms with Crippen LogP contribution in [0.15, 0.2) is 36.4 Å². The molecular weight excluding hydrogens is 450 g/mol. The number of carbonyl (C=O) groups is 3. The topological polar surface area (TPSA) is 112 Å². The van der Waals surface area contributed by atoms with Crippen LogP contribution in [0.25, 0.3) is 0 Å². The first-order valence-electron chi connectivity index (χ1n) is 10.6. The van der Waals surface area contributed by atoms with E-state index >= 15 is 0 Å². The Morgan fingerprint density at radius 3 is 2.62 bits per heavy atom. The summed E-state index contributed by atoms with van der Waals surface area (Å²) >= 11 is 0. The number of pyridine rings is 1. The van der Waals surface area contributed by atoms with Crippen molar-refractivity contribution in [2.24, 2.45) is 0 Å². The van der Waals surface area contributed by atoms with Crippen molar-refractivity contribution in [3.8, 4) is 11.5 Å². The van der Waals surface area contributed by atoms with Gasteiger partial charge < -0.3 is 25.0 Å². The zero-order valence-electron chi connectivity index (χ0n) is 19.0. The Morgan fingerprint density at radius 1 is 1.26 bits per heavy atom. The molecule has 0 radical (unpaired) electrons. The van der Waals surface area contributed by atoms with Crippen LogP contribution < -0.4 is 10.1 Å². The molecule has 1 aromatic carbocycles. The monoisotopic (exact) mass is 476 g/mol. The summed E-state index contributed by atoms with van der Waals surface area (Å²) in [6, 6.07) is 8.24. The van der Waals surface area contributed by atoms with Crippen molar-refractivity contribution < 1.29 is 33.0 Å². The van der Waals surface area contributed by atoms with E-state index in [1.165, 1.54) is 34.9 Å². The summed E-state index contributed by atoms with van der Waals surface area (Å²) in [6.45, 7) is -1.41. The second-order valence-corrected chi connectivity index (χ2v) is 8.16. The van der Waals surface area contributed by atoms with Gasteiger partial charge in [-0.15, -0.1) is 0 Å². The SMILES string of the molecule is CC(=O)N1CC(c2ccc(OC(F)F)c(O)c2)C[C@@H]1C(=O)NCc1cccc(C(=O)N(C)C)n1. The highest BCUT2D eigenvalue weighted by atomic mass is 19.3. The lowest BCUT2D eigenvalue weighted by atomic mass is 9.95. The smallest absolute Gasteiger partial charge is 0.387 e. The van der Waals surface area contributed by atoms with Crippen molar-refractivity contribution >= 4 is 17.7 Å². The molecular formula is C23H26F2N4O5. The Morgan fingerprint density at radius 2 is 2.00 bits per heavy atom. The molecule has 2 aromatic rings. The summed E-state index contributed by atoms with van der Waals surface area (Å²) in [5.74, 6) is -2.02. The molecule has 2 atom stereocenters. The molecule has 1 unspecified atom stereocenters. The number of alkyl halides is 2. The van der Waals surface area contributed by atoms with Gasteiger partial charge in [0.2, 0.25) is 11.8 Å². The lowest BCUT2D eigenvalue weighted by Crippen LogP contribution is -2.45. The van der Waals surface area contributed by atoms with Crippen LogP contribution in [0.4, 0.5) is 8.78 Å². The van der Waals surface area contributed by atoms with Crippen LogP contribution >= 0.6 is 0 Å². The van der Waals surface area contributed by atoms with E-state index < -0.39 is 18.4 Å². The zero-order chi connectivity index (χ0) is 25.0. The molecule has 3 amide bonds. The summed E-state index contributed by atoms with van der Waals surface area (Å²) in [5.41, 5.74) is 1.34. The van der Waals surface area contributed by atoms with Crippen LogP contribution in [-0.4, -0.2) is 70.9 Å². The number of ether oxygens (including phenoxy) is 1. The maximum Gasteiger partial charge on any atom is 0.387 e. The van der Waals surface area contributed by atoms with Crippen molar-refractivity contribution in [3.05, 3.63) is 53.3 Å². The molecule has 11 heteroatoms. The van der Waals surface area contributed by atoms with E-state index in [2.05, 4.69) is 15.0 Å². The van der Waals surface area contributed by atoms with E-state index in [0.717, 1.165) is 0 Å². The fraction of sp³-hybridized carbons (Fsp3) is 0.391. The van der Waals surface area contributed by atoms with Gasteiger partial charge in [-0.2, -0.15) is 8.78 Å². The van der Waals surface area contributed by atoms with Gasteiger partial charge in [0, 0.05) is 33.5 Å². The lowest BCUT2D eigenvalue weighted by Gasteiger charge is -2.22. The van der Waals surface area contributed by atoms with Gasteiger partial charge in [-0.3, -0.25) is 14.4 Å². The van der Waals surface area contributed by atoms with Crippen LogP contribution in [-0.2, 0) is 16.1 Å². The minimum Gasteiger partial charge on any atom is -0.504 e. The van der Waals surface area contributed by atoms with Gasteiger partial charge >= 0.3 is 6.61 Å². The molecule has 1 aliphatic rings. The average molecular weight is 476 g/mol. The molecule has 1 aliphatic heterocycles. The largest absolute Gasteiger partial charge is 0.504 e. The van der Waals surface area contributed by atoms with Gasteiger partial charge in [0.1, 0.15) is 11.7 Å². The normalized spacial score (nSPS) is 17.5. The molecule has 2 heterocycles. The number of hydrogen-bond donors (Lipinski definition) is 2. The van der Waals surface area contributed by atoms with Crippen molar-refractivity contribution in [2.45, 2.75) is 38.5 Å². The highest BCUT2D eigenvalue weighted by Gasteiger charge is 2.39. The van der Waals surface area contributed by atoms with Crippen LogP contribution in [0.5, 0.6) is 11.5 Å². The number of carbonyl (C=O) groups excluding carboxylic acids is 3. The second kappa shape index (κ2) is 10.4. The number of phenols is 1. The van der Waals surface area contributed by atoms with Crippen LogP contribution in [0.2, 0.25) is 0 Å². The highest BCUT2D eigenvalue weighted by Crippen LogP contribution is 2.36. The van der Waals surface area contributed by atoms with Crippen molar-refractivity contribution in [3.63, 3.8) is 0 Å². The molecule has 1 aromatic heterocycles. The third-order valence-electron chi connectivity index (χ3n) is 5.55. The molecule has 9 nitrogen and oxygen atoms in total. The maximum atomic E-state index is 12.9. The van der Waals surface area contributed by atoms with E-state index in [-0.39, 0.29) is 54.6 Å². The van der Waals surface area contributed by atoms with Gasteiger partial charge in [-0.05, 0) is 36.2 Å². The minimum atomic E-state index is -3.07. The molecule has 2 N–H and O–H groups in total. The predicted octanol–water partition coefficient (Wildman–Crippen LogP) is 2.11. The molecule has 0 saturated carbocycles. The fourth-order valence-electron chi connectivity index (χ4n) is 3.88. The molecule has 0 bridgehead atoms. The van der Waals surface area contributed by atoms with Crippen molar-refractivity contribution in [1.82, 2.24) is 20.1 Å². The Hall–Kier alpha value is -3.76. The number of nitrogens with one attached hydrogen (secondary N) is 1. The predicted molar refractivity (Wildman–Crippen MR) is 117 cm³/mol. The molecule has 0 aliphatic carbocycles. The first kappa shape index (κ1) is 24.9. The molecule has 1 fully saturated rings. The number of benzene rings is 1. The van der Waals surface area contributed by atoms with E-state index in [1.54, 1.807) is 32.3 Å². The number of aromatic hydroxyl groups is 1. The van der Waals surface area contributed by atoms with Gasteiger partial charge in [-0.25, -0.2) is 4.98 Å². The fourth-order valence-corrected chi connectivity index (χ4v) is 3.88. The number of rotatable bonds is 7.